The first-order chi connectivity index (χ1) is 24.4. The van der Waals surface area contributed by atoms with E-state index >= 15 is 0 Å². The summed E-state index contributed by atoms with van der Waals surface area (Å²) in [6.45, 7) is 1.54. The fourth-order valence-corrected chi connectivity index (χ4v) is 11.3. The van der Waals surface area contributed by atoms with Crippen molar-refractivity contribution in [2.45, 2.75) is 35.7 Å². The zero-order valence-corrected chi connectivity index (χ0v) is 28.4. The lowest BCUT2D eigenvalue weighted by molar-refractivity contribution is -0.137. The smallest absolute Gasteiger partial charge is 0.416 e. The molecule has 4 aliphatic rings. The molecule has 0 spiro atoms. The maximum atomic E-state index is 14.0. The summed E-state index contributed by atoms with van der Waals surface area (Å²) in [5.41, 5.74) is 0.231. The van der Waals surface area contributed by atoms with Crippen LogP contribution >= 0.6 is 23.1 Å². The molecule has 8 rings (SSSR count). The van der Waals surface area contributed by atoms with E-state index in [2.05, 4.69) is 10.3 Å². The Morgan fingerprint density at radius 1 is 0.961 bits per heavy atom. The Bertz CT molecular complexity index is 2120. The molecule has 0 radical (unpaired) electrons. The first kappa shape index (κ1) is 33.5. The second-order valence-corrected chi connectivity index (χ2v) is 15.2. The minimum Gasteiger partial charge on any atom is -0.490 e. The van der Waals surface area contributed by atoms with Crippen molar-refractivity contribution in [3.05, 3.63) is 98.2 Å². The summed E-state index contributed by atoms with van der Waals surface area (Å²) < 4.78 is 64.8. The van der Waals surface area contributed by atoms with Crippen LogP contribution in [0.3, 0.4) is 0 Å². The SMILES string of the molecule is CCOc1cc([C@H]2c3sc(=O)[nH]c3SC3C4CC(C5C(=O)N(c6ccc(F)cc6)C(=O)C45)C32)ccc1OCC(=O)Nc1cccc(C(F)(F)F)c1. The molecule has 3 fully saturated rings. The normalized spacial score (nSPS) is 26.1. The Kier molecular flexibility index (Phi) is 8.24. The van der Waals surface area contributed by atoms with Crippen LogP contribution in [0, 0.1) is 35.4 Å². The number of amides is 3. The van der Waals surface area contributed by atoms with Crippen LogP contribution < -0.4 is 24.6 Å². The monoisotopic (exact) mass is 739 g/mol. The molecule has 1 saturated heterocycles. The Labute approximate surface area is 296 Å². The summed E-state index contributed by atoms with van der Waals surface area (Å²) in [5, 5.41) is 3.10. The number of benzene rings is 3. The third-order valence-corrected chi connectivity index (χ3v) is 12.9. The molecule has 1 aromatic heterocycles. The predicted octanol–water partition coefficient (Wildman–Crippen LogP) is 6.69. The van der Waals surface area contributed by atoms with E-state index in [1.165, 1.54) is 41.3 Å². The molecule has 2 saturated carbocycles. The number of ether oxygens (including phenoxy) is 2. The van der Waals surface area contributed by atoms with Gasteiger partial charge in [-0.05, 0) is 91.3 Å². The van der Waals surface area contributed by atoms with E-state index in [9.17, 15) is 36.7 Å². The fourth-order valence-electron chi connectivity index (χ4n) is 8.45. The number of hydrogen-bond acceptors (Lipinski definition) is 8. The number of aromatic nitrogens is 1. The van der Waals surface area contributed by atoms with Crippen LogP contribution in [0.4, 0.5) is 28.9 Å². The van der Waals surface area contributed by atoms with E-state index in [4.69, 9.17) is 9.47 Å². The molecular weight excluding hydrogens is 711 g/mol. The number of fused-ring (bicyclic) bond motifs is 9. The van der Waals surface area contributed by atoms with Gasteiger partial charge in [-0.2, -0.15) is 13.2 Å². The number of rotatable bonds is 8. The molecule has 3 aromatic carbocycles. The maximum Gasteiger partial charge on any atom is 0.416 e. The summed E-state index contributed by atoms with van der Waals surface area (Å²) in [6, 6.07) is 14.9. The Balaban J connectivity index is 1.07. The van der Waals surface area contributed by atoms with E-state index in [1.54, 1.807) is 30.8 Å². The number of alkyl halides is 3. The van der Waals surface area contributed by atoms with Gasteiger partial charge in [0.2, 0.25) is 11.8 Å². The molecule has 3 heterocycles. The Morgan fingerprint density at radius 3 is 2.43 bits per heavy atom. The van der Waals surface area contributed by atoms with Crippen LogP contribution in [0.2, 0.25) is 0 Å². The number of thioether (sulfide) groups is 1. The average molecular weight is 740 g/mol. The summed E-state index contributed by atoms with van der Waals surface area (Å²) in [4.78, 5) is 57.9. The largest absolute Gasteiger partial charge is 0.490 e. The predicted molar refractivity (Wildman–Crippen MR) is 181 cm³/mol. The van der Waals surface area contributed by atoms with Crippen molar-refractivity contribution < 1.29 is 41.4 Å². The number of thiazole rings is 1. The zero-order valence-electron chi connectivity index (χ0n) is 26.7. The number of carbonyl (C=O) groups is 3. The highest BCUT2D eigenvalue weighted by Crippen LogP contribution is 2.68. The molecule has 9 nitrogen and oxygen atoms in total. The third-order valence-electron chi connectivity index (χ3n) is 10.3. The van der Waals surface area contributed by atoms with Crippen molar-refractivity contribution in [2.75, 3.05) is 23.4 Å². The summed E-state index contributed by atoms with van der Waals surface area (Å²) in [6.07, 6.45) is -3.88. The minimum absolute atomic E-state index is 0.0267. The Morgan fingerprint density at radius 2 is 1.71 bits per heavy atom. The number of aromatic amines is 1. The van der Waals surface area contributed by atoms with Gasteiger partial charge in [-0.3, -0.25) is 24.1 Å². The van der Waals surface area contributed by atoms with Gasteiger partial charge in [0.05, 0.1) is 34.7 Å². The van der Waals surface area contributed by atoms with Crippen molar-refractivity contribution in [1.82, 2.24) is 4.98 Å². The van der Waals surface area contributed by atoms with Gasteiger partial charge in [-0.1, -0.05) is 23.5 Å². The highest BCUT2D eigenvalue weighted by atomic mass is 32.2. The van der Waals surface area contributed by atoms with E-state index in [1.807, 2.05) is 6.07 Å². The summed E-state index contributed by atoms with van der Waals surface area (Å²) in [5.74, 6) is -2.86. The van der Waals surface area contributed by atoms with Crippen molar-refractivity contribution in [2.24, 2.45) is 29.6 Å². The second-order valence-electron chi connectivity index (χ2n) is 13.0. The van der Waals surface area contributed by atoms with E-state index in [0.29, 0.717) is 17.9 Å². The quantitative estimate of drug-likeness (QED) is 0.153. The van der Waals surface area contributed by atoms with Gasteiger partial charge in [0, 0.05) is 21.7 Å². The van der Waals surface area contributed by atoms with Gasteiger partial charge >= 0.3 is 11.0 Å². The van der Waals surface area contributed by atoms with Crippen molar-refractivity contribution in [3.8, 4) is 11.5 Å². The topological polar surface area (TPSA) is 118 Å². The molecular formula is C36H29F4N3O6S2. The van der Waals surface area contributed by atoms with Crippen molar-refractivity contribution in [1.29, 1.82) is 0 Å². The van der Waals surface area contributed by atoms with Gasteiger partial charge in [-0.25, -0.2) is 4.39 Å². The van der Waals surface area contributed by atoms with Gasteiger partial charge in [-0.15, -0.1) is 11.8 Å². The molecule has 4 aromatic rings. The lowest BCUT2D eigenvalue weighted by Gasteiger charge is -2.43. The standard InChI is InChI=1S/C36H29F4N3O6S2/c1-2-48-24-12-16(6-11-23(24)49-15-25(44)41-19-5-3-4-17(13-19)36(38,39)40)26-27-21-14-22(30(27)50-32-31(26)51-35(47)42-32)29-28(21)33(45)43(34(29)46)20-9-7-18(37)8-10-20/h3-13,21-22,26-30H,2,14-15H2,1H3,(H,41,44)(H,42,47)/t21?,22?,26-,27?,28?,29?,30?/m1/s1. The molecule has 3 amide bonds. The van der Waals surface area contributed by atoms with Crippen LogP contribution in [-0.4, -0.2) is 41.2 Å². The van der Waals surface area contributed by atoms with Crippen LogP contribution in [0.5, 0.6) is 11.5 Å². The second kappa shape index (κ2) is 12.5. The highest BCUT2D eigenvalue weighted by molar-refractivity contribution is 8.00. The van der Waals surface area contributed by atoms with Gasteiger partial charge in [0.1, 0.15) is 5.82 Å². The molecule has 7 atom stereocenters. The first-order valence-electron chi connectivity index (χ1n) is 16.3. The molecule has 2 N–H and O–H groups in total. The number of anilines is 2. The molecule has 264 valence electrons. The lowest BCUT2D eigenvalue weighted by Crippen LogP contribution is -2.42. The molecule has 51 heavy (non-hydrogen) atoms. The average Bonchev–Trinajstić information content (AvgIpc) is 3.83. The van der Waals surface area contributed by atoms with Crippen LogP contribution in [0.1, 0.15) is 35.3 Å². The van der Waals surface area contributed by atoms with Crippen LogP contribution in [0.25, 0.3) is 0 Å². The Hall–Kier alpha value is -4.63. The lowest BCUT2D eigenvalue weighted by atomic mass is 9.68. The van der Waals surface area contributed by atoms with Gasteiger partial charge in [0.15, 0.2) is 18.1 Å². The van der Waals surface area contributed by atoms with E-state index in [-0.39, 0.29) is 63.7 Å². The number of carbonyl (C=O) groups excluding carboxylic acids is 3. The summed E-state index contributed by atoms with van der Waals surface area (Å²) in [7, 11) is 0. The highest BCUT2D eigenvalue weighted by Gasteiger charge is 2.69. The number of imide groups is 1. The molecule has 2 aliphatic heterocycles. The maximum absolute atomic E-state index is 14.0. The number of nitrogens with zero attached hydrogens (tertiary/aromatic N) is 1. The first-order valence-corrected chi connectivity index (χ1v) is 18.0. The number of halogens is 4. The van der Waals surface area contributed by atoms with Gasteiger partial charge in [0.25, 0.3) is 5.91 Å². The third kappa shape index (κ3) is 5.70. The molecule has 15 heteroatoms. The van der Waals surface area contributed by atoms with Gasteiger partial charge < -0.3 is 19.8 Å². The molecule has 6 unspecified atom stereocenters. The molecule has 2 bridgehead atoms. The van der Waals surface area contributed by atoms with Crippen LogP contribution in [0.15, 0.2) is 76.6 Å². The minimum atomic E-state index is -4.56. The molecule has 2 aliphatic carbocycles. The van der Waals surface area contributed by atoms with E-state index in [0.717, 1.165) is 38.9 Å². The van der Waals surface area contributed by atoms with Crippen molar-refractivity contribution in [3.63, 3.8) is 0 Å². The van der Waals surface area contributed by atoms with Crippen LogP contribution in [-0.2, 0) is 20.6 Å². The fraction of sp³-hybridized carbons (Fsp3) is 0.333. The summed E-state index contributed by atoms with van der Waals surface area (Å²) >= 11 is 2.66. The number of hydrogen-bond donors (Lipinski definition) is 2. The van der Waals surface area contributed by atoms with E-state index < -0.39 is 41.9 Å². The number of H-pyrrole nitrogens is 1. The van der Waals surface area contributed by atoms with Crippen molar-refractivity contribution >= 4 is 52.2 Å². The number of nitrogens with one attached hydrogen (secondary N) is 2. The zero-order chi connectivity index (χ0) is 35.8.